The van der Waals surface area contributed by atoms with Crippen LogP contribution in [0.15, 0.2) is 18.3 Å². The van der Waals surface area contributed by atoms with Crippen LogP contribution in [0.1, 0.15) is 16.9 Å². The molecule has 0 saturated carbocycles. The van der Waals surface area contributed by atoms with E-state index in [0.717, 1.165) is 31.9 Å². The smallest absolute Gasteiger partial charge is 0.272 e. The standard InChI is InChI=1S/C16H24N4O3S/c1-18-6-8-20(9-7-18)13-3-5-17-15(11-13)16(21)19(2)14-4-10-24(22,23)12-14/h3,5,11,14H,4,6-10,12H2,1-2H3. The molecule has 8 heteroatoms. The lowest BCUT2D eigenvalue weighted by Crippen LogP contribution is -2.44. The summed E-state index contributed by atoms with van der Waals surface area (Å²) in [5.41, 5.74) is 1.37. The average molecular weight is 352 g/mol. The Hall–Kier alpha value is -1.67. The Kier molecular flexibility index (Phi) is 4.78. The van der Waals surface area contributed by atoms with E-state index in [2.05, 4.69) is 21.8 Å². The van der Waals surface area contributed by atoms with Gasteiger partial charge in [0.05, 0.1) is 11.5 Å². The molecule has 0 bridgehead atoms. The van der Waals surface area contributed by atoms with Gasteiger partial charge in [-0.2, -0.15) is 0 Å². The van der Waals surface area contributed by atoms with Gasteiger partial charge >= 0.3 is 0 Å². The minimum atomic E-state index is -3.01. The third-order valence-corrected chi connectivity index (χ3v) is 6.66. The number of nitrogens with zero attached hydrogens (tertiary/aromatic N) is 4. The number of pyridine rings is 1. The minimum absolute atomic E-state index is 0.0490. The van der Waals surface area contributed by atoms with Crippen LogP contribution in [-0.4, -0.2) is 86.9 Å². The van der Waals surface area contributed by atoms with Crippen LogP contribution in [0.4, 0.5) is 5.69 Å². The summed E-state index contributed by atoms with van der Waals surface area (Å²) in [4.78, 5) is 22.9. The molecule has 0 radical (unpaired) electrons. The third-order valence-electron chi connectivity index (χ3n) is 4.91. The molecule has 1 amide bonds. The van der Waals surface area contributed by atoms with Crippen molar-refractivity contribution >= 4 is 21.4 Å². The van der Waals surface area contributed by atoms with Gasteiger partial charge in [-0.05, 0) is 25.6 Å². The highest BCUT2D eigenvalue weighted by Crippen LogP contribution is 2.20. The third kappa shape index (κ3) is 3.70. The second kappa shape index (κ2) is 6.68. The molecular formula is C16H24N4O3S. The maximum atomic E-state index is 12.7. The van der Waals surface area contributed by atoms with Crippen molar-refractivity contribution in [3.05, 3.63) is 24.0 Å². The number of piperazine rings is 1. The predicted molar refractivity (Wildman–Crippen MR) is 93.1 cm³/mol. The van der Waals surface area contributed by atoms with Crippen molar-refractivity contribution in [1.29, 1.82) is 0 Å². The maximum Gasteiger partial charge on any atom is 0.272 e. The zero-order valence-corrected chi connectivity index (χ0v) is 15.0. The van der Waals surface area contributed by atoms with Crippen molar-refractivity contribution < 1.29 is 13.2 Å². The molecule has 3 rings (SSSR count). The lowest BCUT2D eigenvalue weighted by molar-refractivity contribution is 0.0742. The van der Waals surface area contributed by atoms with E-state index in [4.69, 9.17) is 0 Å². The molecule has 1 unspecified atom stereocenters. The highest BCUT2D eigenvalue weighted by Gasteiger charge is 2.33. The molecule has 0 aliphatic carbocycles. The van der Waals surface area contributed by atoms with Gasteiger partial charge in [-0.3, -0.25) is 9.78 Å². The molecule has 3 heterocycles. The second-order valence-corrected chi connectivity index (χ2v) is 8.89. The Balaban J connectivity index is 1.72. The maximum absolute atomic E-state index is 12.7. The van der Waals surface area contributed by atoms with Gasteiger partial charge < -0.3 is 14.7 Å². The van der Waals surface area contributed by atoms with E-state index in [-0.39, 0.29) is 23.5 Å². The van der Waals surface area contributed by atoms with Crippen LogP contribution in [0.2, 0.25) is 0 Å². The molecular weight excluding hydrogens is 328 g/mol. The van der Waals surface area contributed by atoms with Gasteiger partial charge in [-0.1, -0.05) is 0 Å². The molecule has 1 aromatic rings. The quantitative estimate of drug-likeness (QED) is 0.768. The Morgan fingerprint density at radius 2 is 2.00 bits per heavy atom. The Morgan fingerprint density at radius 1 is 1.29 bits per heavy atom. The lowest BCUT2D eigenvalue weighted by Gasteiger charge is -2.34. The molecule has 2 aliphatic heterocycles. The van der Waals surface area contributed by atoms with Gasteiger partial charge in [-0.15, -0.1) is 0 Å². The summed E-state index contributed by atoms with van der Waals surface area (Å²) >= 11 is 0. The number of rotatable bonds is 3. The average Bonchev–Trinajstić information content (AvgIpc) is 2.94. The van der Waals surface area contributed by atoms with Crippen molar-refractivity contribution in [2.24, 2.45) is 0 Å². The van der Waals surface area contributed by atoms with E-state index < -0.39 is 9.84 Å². The number of carbonyl (C=O) groups is 1. The van der Waals surface area contributed by atoms with Crippen LogP contribution < -0.4 is 4.90 Å². The zero-order chi connectivity index (χ0) is 17.3. The molecule has 24 heavy (non-hydrogen) atoms. The van der Waals surface area contributed by atoms with E-state index in [1.165, 1.54) is 4.90 Å². The molecule has 132 valence electrons. The highest BCUT2D eigenvalue weighted by molar-refractivity contribution is 7.91. The molecule has 2 fully saturated rings. The topological polar surface area (TPSA) is 73.8 Å². The summed E-state index contributed by atoms with van der Waals surface area (Å²) in [6.45, 7) is 3.83. The number of aromatic nitrogens is 1. The van der Waals surface area contributed by atoms with Gasteiger partial charge in [0.2, 0.25) is 0 Å². The molecule has 1 aromatic heterocycles. The Morgan fingerprint density at radius 3 is 2.62 bits per heavy atom. The normalized spacial score (nSPS) is 24.1. The van der Waals surface area contributed by atoms with Crippen LogP contribution in [0, 0.1) is 0 Å². The van der Waals surface area contributed by atoms with E-state index in [9.17, 15) is 13.2 Å². The number of sulfone groups is 1. The summed E-state index contributed by atoms with van der Waals surface area (Å²) in [5, 5.41) is 0. The molecule has 2 saturated heterocycles. The molecule has 0 spiro atoms. The highest BCUT2D eigenvalue weighted by atomic mass is 32.2. The van der Waals surface area contributed by atoms with E-state index >= 15 is 0 Å². The summed E-state index contributed by atoms with van der Waals surface area (Å²) < 4.78 is 23.3. The van der Waals surface area contributed by atoms with Gasteiger partial charge in [0.1, 0.15) is 5.69 Å². The van der Waals surface area contributed by atoms with Gasteiger partial charge in [0.15, 0.2) is 9.84 Å². The van der Waals surface area contributed by atoms with Gasteiger partial charge in [0, 0.05) is 51.2 Å². The number of anilines is 1. The molecule has 2 aliphatic rings. The fourth-order valence-electron chi connectivity index (χ4n) is 3.23. The van der Waals surface area contributed by atoms with Crippen molar-refractivity contribution in [3.8, 4) is 0 Å². The monoisotopic (exact) mass is 352 g/mol. The summed E-state index contributed by atoms with van der Waals surface area (Å²) in [6.07, 6.45) is 2.16. The summed E-state index contributed by atoms with van der Waals surface area (Å²) in [6, 6.07) is 3.48. The Bertz CT molecular complexity index is 714. The first-order valence-corrected chi connectivity index (χ1v) is 10.0. The fraction of sp³-hybridized carbons (Fsp3) is 0.625. The summed E-state index contributed by atoms with van der Waals surface area (Å²) in [5.74, 6) is -0.00895. The van der Waals surface area contributed by atoms with E-state index in [1.807, 2.05) is 12.1 Å². The first kappa shape index (κ1) is 17.2. The number of likely N-dealkylation sites (N-methyl/N-ethyl adjacent to an activating group) is 1. The van der Waals surface area contributed by atoms with Crippen molar-refractivity contribution in [2.75, 3.05) is 56.7 Å². The minimum Gasteiger partial charge on any atom is -0.369 e. The van der Waals surface area contributed by atoms with Crippen molar-refractivity contribution in [1.82, 2.24) is 14.8 Å². The van der Waals surface area contributed by atoms with Crippen LogP contribution in [-0.2, 0) is 9.84 Å². The molecule has 0 N–H and O–H groups in total. The lowest BCUT2D eigenvalue weighted by atomic mass is 10.2. The van der Waals surface area contributed by atoms with E-state index in [0.29, 0.717) is 12.1 Å². The summed E-state index contributed by atoms with van der Waals surface area (Å²) in [7, 11) is 0.751. The second-order valence-electron chi connectivity index (χ2n) is 6.66. The van der Waals surface area contributed by atoms with Crippen LogP contribution >= 0.6 is 0 Å². The van der Waals surface area contributed by atoms with Gasteiger partial charge in [0.25, 0.3) is 5.91 Å². The largest absolute Gasteiger partial charge is 0.369 e. The van der Waals surface area contributed by atoms with Crippen LogP contribution in [0.25, 0.3) is 0 Å². The SMILES string of the molecule is CN1CCN(c2ccnc(C(=O)N(C)C3CCS(=O)(=O)C3)c2)CC1. The first-order valence-electron chi connectivity index (χ1n) is 8.23. The van der Waals surface area contributed by atoms with Crippen molar-refractivity contribution in [3.63, 3.8) is 0 Å². The predicted octanol–water partition coefficient (Wildman–Crippen LogP) is 0.0925. The van der Waals surface area contributed by atoms with Crippen LogP contribution in [0.5, 0.6) is 0 Å². The van der Waals surface area contributed by atoms with E-state index in [1.54, 1.807) is 13.2 Å². The fourth-order valence-corrected chi connectivity index (χ4v) is 5.00. The number of hydrogen-bond donors (Lipinski definition) is 0. The number of carbonyl (C=O) groups excluding carboxylic acids is 1. The molecule has 7 nitrogen and oxygen atoms in total. The Labute approximate surface area is 143 Å². The molecule has 0 aromatic carbocycles. The van der Waals surface area contributed by atoms with Crippen LogP contribution in [0.3, 0.4) is 0 Å². The van der Waals surface area contributed by atoms with Gasteiger partial charge in [-0.25, -0.2) is 8.42 Å². The van der Waals surface area contributed by atoms with Crippen molar-refractivity contribution in [2.45, 2.75) is 12.5 Å². The first-order chi connectivity index (χ1) is 11.4. The zero-order valence-electron chi connectivity index (χ0n) is 14.2. The molecule has 1 atom stereocenters. The number of hydrogen-bond acceptors (Lipinski definition) is 6. The number of amides is 1.